The lowest BCUT2D eigenvalue weighted by Gasteiger charge is -2.39. The minimum absolute atomic E-state index is 0. The van der Waals surface area contributed by atoms with Crippen LogP contribution in [0.25, 0.3) is 0 Å². The molecule has 152 valence electrons. The van der Waals surface area contributed by atoms with Gasteiger partial charge >= 0.3 is 0 Å². The van der Waals surface area contributed by atoms with Crippen molar-refractivity contribution in [3.8, 4) is 0 Å². The van der Waals surface area contributed by atoms with E-state index in [0.29, 0.717) is 6.10 Å². The van der Waals surface area contributed by atoms with Crippen LogP contribution >= 0.6 is 0 Å². The van der Waals surface area contributed by atoms with Crippen LogP contribution in [-0.2, 0) is 4.74 Å². The van der Waals surface area contributed by atoms with Crippen molar-refractivity contribution in [2.75, 3.05) is 27.4 Å². The van der Waals surface area contributed by atoms with E-state index >= 15 is 0 Å². The Labute approximate surface area is 165 Å². The second kappa shape index (κ2) is 13.4. The molecule has 0 radical (unpaired) electrons. The smallest absolute Gasteiger partial charge is 0.183 e. The fourth-order valence-electron chi connectivity index (χ4n) is 4.17. The summed E-state index contributed by atoms with van der Waals surface area (Å²) in [6.07, 6.45) is 14.2. The average molecular weight is 376 g/mol. The van der Waals surface area contributed by atoms with Crippen molar-refractivity contribution in [3.05, 3.63) is 0 Å². The SMILES string of the molecule is CCCCCCCCC[N+](C)(C)CO[C@@H]1C[C@H](C)CC[C@H]1C(C)C.[Cl-]. The van der Waals surface area contributed by atoms with Gasteiger partial charge in [0.15, 0.2) is 6.73 Å². The molecule has 1 aliphatic carbocycles. The highest BCUT2D eigenvalue weighted by Gasteiger charge is 2.32. The molecule has 0 aromatic heterocycles. The van der Waals surface area contributed by atoms with Crippen LogP contribution in [0.2, 0.25) is 0 Å². The van der Waals surface area contributed by atoms with Crippen molar-refractivity contribution >= 4 is 0 Å². The Hall–Kier alpha value is 0.210. The Balaban J connectivity index is 0.00000576. The summed E-state index contributed by atoms with van der Waals surface area (Å²) in [5.41, 5.74) is 0. The Bertz CT molecular complexity index is 319. The number of halogens is 1. The zero-order chi connectivity index (χ0) is 18.0. The third-order valence-electron chi connectivity index (χ3n) is 5.97. The van der Waals surface area contributed by atoms with Gasteiger partial charge in [0.05, 0.1) is 26.7 Å². The first kappa shape index (κ1) is 25.2. The van der Waals surface area contributed by atoms with Gasteiger partial charge in [-0.05, 0) is 43.4 Å². The Morgan fingerprint density at radius 1 is 0.960 bits per heavy atom. The van der Waals surface area contributed by atoms with Gasteiger partial charge in [-0.2, -0.15) is 0 Å². The molecule has 1 saturated carbocycles. The Kier molecular flexibility index (Phi) is 13.5. The predicted octanol–water partition coefficient (Wildman–Crippen LogP) is 3.25. The number of unbranched alkanes of at least 4 members (excludes halogenated alkanes) is 6. The highest BCUT2D eigenvalue weighted by molar-refractivity contribution is 4.81. The average Bonchev–Trinajstić information content (AvgIpc) is 2.52. The number of ether oxygens (including phenoxy) is 1. The van der Waals surface area contributed by atoms with Crippen LogP contribution < -0.4 is 12.4 Å². The van der Waals surface area contributed by atoms with E-state index in [1.54, 1.807) is 0 Å². The molecule has 25 heavy (non-hydrogen) atoms. The van der Waals surface area contributed by atoms with Gasteiger partial charge in [-0.15, -0.1) is 0 Å². The quantitative estimate of drug-likeness (QED) is 0.289. The van der Waals surface area contributed by atoms with Crippen LogP contribution in [0, 0.1) is 17.8 Å². The summed E-state index contributed by atoms with van der Waals surface area (Å²) < 4.78 is 7.49. The predicted molar refractivity (Wildman–Crippen MR) is 106 cm³/mol. The first-order valence-electron chi connectivity index (χ1n) is 10.8. The third-order valence-corrected chi connectivity index (χ3v) is 5.97. The fourth-order valence-corrected chi connectivity index (χ4v) is 4.17. The van der Waals surface area contributed by atoms with Crippen LogP contribution in [0.4, 0.5) is 0 Å². The second-order valence-electron chi connectivity index (χ2n) is 9.44. The number of rotatable bonds is 12. The monoisotopic (exact) mass is 375 g/mol. The van der Waals surface area contributed by atoms with E-state index in [-0.39, 0.29) is 12.4 Å². The van der Waals surface area contributed by atoms with Gasteiger partial charge in [-0.1, -0.05) is 66.2 Å². The molecule has 0 spiro atoms. The molecule has 0 aromatic rings. The van der Waals surface area contributed by atoms with Crippen LogP contribution in [0.15, 0.2) is 0 Å². The molecule has 2 nitrogen and oxygen atoms in total. The minimum Gasteiger partial charge on any atom is -1.00 e. The zero-order valence-electron chi connectivity index (χ0n) is 18.0. The van der Waals surface area contributed by atoms with Gasteiger partial charge in [0.2, 0.25) is 0 Å². The summed E-state index contributed by atoms with van der Waals surface area (Å²) in [5.74, 6) is 2.35. The number of nitrogens with zero attached hydrogens (tertiary/aromatic N) is 1. The standard InChI is InChI=1S/C22H46NO.ClH/c1-7-8-9-10-11-12-13-16-23(5,6)18-24-22-17-20(4)14-15-21(22)19(2)3;/h19-22H,7-18H2,1-6H3;1H/q+1;/p-1/t20-,21+,22-;/m1./s1. The van der Waals surface area contributed by atoms with E-state index in [4.69, 9.17) is 4.74 Å². The number of hydrogen-bond donors (Lipinski definition) is 0. The fraction of sp³-hybridized carbons (Fsp3) is 1.00. The molecule has 0 aliphatic heterocycles. The molecule has 0 bridgehead atoms. The lowest BCUT2D eigenvalue weighted by Crippen LogP contribution is -3.00. The molecular weight excluding hydrogens is 330 g/mol. The molecule has 1 fully saturated rings. The van der Waals surface area contributed by atoms with Crippen LogP contribution in [-0.4, -0.2) is 38.0 Å². The molecule has 3 atom stereocenters. The molecule has 0 unspecified atom stereocenters. The van der Waals surface area contributed by atoms with Gasteiger partial charge in [0.1, 0.15) is 0 Å². The molecule has 0 amide bonds. The van der Waals surface area contributed by atoms with Gasteiger partial charge in [0, 0.05) is 0 Å². The molecule has 0 heterocycles. The molecule has 1 aliphatic rings. The van der Waals surface area contributed by atoms with Gasteiger partial charge in [-0.3, -0.25) is 0 Å². The van der Waals surface area contributed by atoms with Crippen molar-refractivity contribution in [1.82, 2.24) is 0 Å². The molecule has 0 saturated heterocycles. The van der Waals surface area contributed by atoms with Crippen LogP contribution in [0.1, 0.15) is 91.9 Å². The van der Waals surface area contributed by atoms with Crippen molar-refractivity contribution in [2.45, 2.75) is 98.0 Å². The van der Waals surface area contributed by atoms with Crippen molar-refractivity contribution in [2.24, 2.45) is 17.8 Å². The molecule has 3 heteroatoms. The normalized spacial score (nSPS) is 24.4. The number of hydrogen-bond acceptors (Lipinski definition) is 1. The first-order chi connectivity index (χ1) is 11.4. The van der Waals surface area contributed by atoms with Crippen molar-refractivity contribution in [3.63, 3.8) is 0 Å². The van der Waals surface area contributed by atoms with E-state index < -0.39 is 0 Å². The molecule has 0 aromatic carbocycles. The highest BCUT2D eigenvalue weighted by atomic mass is 35.5. The maximum Gasteiger partial charge on any atom is 0.183 e. The largest absolute Gasteiger partial charge is 1.00 e. The van der Waals surface area contributed by atoms with Crippen molar-refractivity contribution < 1.29 is 21.6 Å². The van der Waals surface area contributed by atoms with Gasteiger partial charge in [-0.25, -0.2) is 0 Å². The lowest BCUT2D eigenvalue weighted by molar-refractivity contribution is -0.911. The maximum absolute atomic E-state index is 6.47. The van der Waals surface area contributed by atoms with E-state index in [1.807, 2.05) is 0 Å². The maximum atomic E-state index is 6.47. The molecule has 1 rings (SSSR count). The Morgan fingerprint density at radius 3 is 2.16 bits per heavy atom. The summed E-state index contributed by atoms with van der Waals surface area (Å²) in [5, 5.41) is 0. The first-order valence-corrected chi connectivity index (χ1v) is 10.8. The van der Waals surface area contributed by atoms with E-state index in [0.717, 1.165) is 29.0 Å². The van der Waals surface area contributed by atoms with Gasteiger partial charge < -0.3 is 21.6 Å². The van der Waals surface area contributed by atoms with E-state index in [2.05, 4.69) is 41.8 Å². The Morgan fingerprint density at radius 2 is 1.56 bits per heavy atom. The van der Waals surface area contributed by atoms with Crippen molar-refractivity contribution in [1.29, 1.82) is 0 Å². The third kappa shape index (κ3) is 10.8. The van der Waals surface area contributed by atoms with E-state index in [9.17, 15) is 0 Å². The summed E-state index contributed by atoms with van der Waals surface area (Å²) in [6.45, 7) is 11.6. The van der Waals surface area contributed by atoms with Crippen LogP contribution in [0.5, 0.6) is 0 Å². The van der Waals surface area contributed by atoms with Crippen LogP contribution in [0.3, 0.4) is 0 Å². The zero-order valence-corrected chi connectivity index (χ0v) is 18.8. The summed E-state index contributed by atoms with van der Waals surface area (Å²) in [7, 11) is 4.68. The highest BCUT2D eigenvalue weighted by Crippen LogP contribution is 2.35. The minimum atomic E-state index is 0. The summed E-state index contributed by atoms with van der Waals surface area (Å²) in [4.78, 5) is 0. The van der Waals surface area contributed by atoms with E-state index in [1.165, 1.54) is 70.8 Å². The molecular formula is C22H46ClNO. The van der Waals surface area contributed by atoms with Gasteiger partial charge in [0.25, 0.3) is 0 Å². The molecule has 0 N–H and O–H groups in total. The second-order valence-corrected chi connectivity index (χ2v) is 9.44. The summed E-state index contributed by atoms with van der Waals surface area (Å²) in [6, 6.07) is 0. The topological polar surface area (TPSA) is 9.23 Å². The number of quaternary nitrogens is 1. The summed E-state index contributed by atoms with van der Waals surface area (Å²) >= 11 is 0. The lowest BCUT2D eigenvalue weighted by atomic mass is 9.75.